The smallest absolute Gasteiger partial charge is 0.322 e. The lowest BCUT2D eigenvalue weighted by molar-refractivity contribution is -0.134. The predicted octanol–water partition coefficient (Wildman–Crippen LogP) is 1.36. The number of anilines is 2. The van der Waals surface area contributed by atoms with Crippen LogP contribution in [0.1, 0.15) is 28.5 Å². The maximum absolute atomic E-state index is 12.3. The van der Waals surface area contributed by atoms with Crippen molar-refractivity contribution in [2.75, 3.05) is 24.2 Å². The molecule has 0 aliphatic rings. The predicted molar refractivity (Wildman–Crippen MR) is 98.3 cm³/mol. The Morgan fingerprint density at radius 1 is 1.33 bits per heavy atom. The van der Waals surface area contributed by atoms with Gasteiger partial charge in [0.25, 0.3) is 5.91 Å². The minimum absolute atomic E-state index is 0.0269. The van der Waals surface area contributed by atoms with E-state index in [1.165, 1.54) is 6.07 Å². The lowest BCUT2D eigenvalue weighted by Crippen LogP contribution is -2.24. The summed E-state index contributed by atoms with van der Waals surface area (Å²) in [4.78, 5) is 26.9. The number of nitrogens with one attached hydrogen (secondary N) is 2. The number of nitriles is 1. The Bertz CT molecular complexity index is 875. The van der Waals surface area contributed by atoms with Crippen LogP contribution < -0.4 is 21.1 Å². The van der Waals surface area contributed by atoms with Crippen molar-refractivity contribution in [3.8, 4) is 11.9 Å². The highest BCUT2D eigenvalue weighted by Gasteiger charge is 2.16. The molecule has 0 aliphatic heterocycles. The van der Waals surface area contributed by atoms with Crippen LogP contribution in [0, 0.1) is 11.3 Å². The minimum atomic E-state index is -0.952. The molecule has 2 rings (SSSR count). The summed E-state index contributed by atoms with van der Waals surface area (Å²) in [6, 6.07) is 10.2. The number of nitrogen functional groups attached to an aromatic ring is 1. The molecular weight excluding hydrogens is 350 g/mol. The van der Waals surface area contributed by atoms with E-state index >= 15 is 0 Å². The summed E-state index contributed by atoms with van der Waals surface area (Å²) in [6.07, 6.45) is 0. The highest BCUT2D eigenvalue weighted by molar-refractivity contribution is 5.93. The third kappa shape index (κ3) is 5.34. The van der Waals surface area contributed by atoms with Crippen LogP contribution in [0.15, 0.2) is 30.3 Å². The van der Waals surface area contributed by atoms with Crippen LogP contribution in [-0.2, 0) is 11.3 Å². The fraction of sp³-hybridized carbons (Fsp3) is 0.222. The molecule has 0 saturated heterocycles. The zero-order valence-electron chi connectivity index (χ0n) is 14.7. The summed E-state index contributed by atoms with van der Waals surface area (Å²) in [5.41, 5.74) is 7.55. The van der Waals surface area contributed by atoms with Crippen molar-refractivity contribution in [2.24, 2.45) is 0 Å². The number of nitrogens with zero attached hydrogens (tertiary/aromatic N) is 2. The zero-order chi connectivity index (χ0) is 19.8. The Hall–Kier alpha value is -3.80. The van der Waals surface area contributed by atoms with Gasteiger partial charge in [-0.25, -0.2) is 4.98 Å². The standard InChI is InChI=1S/C18H19N5O4/c1-2-27-18-13(8-19)14(20)7-15(23-18)17(26)22-9-11-3-5-12(6-4-11)21-10-16(24)25/h3-7,21H,2,9-10H2,1H3,(H2,20,23)(H,22,26)(H,24,25). The highest BCUT2D eigenvalue weighted by atomic mass is 16.5. The number of aromatic nitrogens is 1. The molecular formula is C18H19N5O4. The van der Waals surface area contributed by atoms with Gasteiger partial charge in [-0.2, -0.15) is 5.26 Å². The lowest BCUT2D eigenvalue weighted by atomic mass is 10.2. The number of ether oxygens (including phenoxy) is 1. The molecule has 0 radical (unpaired) electrons. The van der Waals surface area contributed by atoms with Crippen LogP contribution in [0.2, 0.25) is 0 Å². The topological polar surface area (TPSA) is 150 Å². The van der Waals surface area contributed by atoms with Gasteiger partial charge in [0.15, 0.2) is 0 Å². The van der Waals surface area contributed by atoms with Gasteiger partial charge in [0.1, 0.15) is 23.9 Å². The van der Waals surface area contributed by atoms with Gasteiger partial charge in [0, 0.05) is 12.2 Å². The molecule has 0 fully saturated rings. The molecule has 1 aromatic carbocycles. The fourth-order valence-electron chi connectivity index (χ4n) is 2.20. The zero-order valence-corrected chi connectivity index (χ0v) is 14.7. The number of rotatable bonds is 8. The number of hydrogen-bond acceptors (Lipinski definition) is 7. The molecule has 2 aromatic rings. The van der Waals surface area contributed by atoms with Crippen LogP contribution in [-0.4, -0.2) is 35.1 Å². The van der Waals surface area contributed by atoms with Crippen LogP contribution in [0.3, 0.4) is 0 Å². The number of amides is 1. The first-order chi connectivity index (χ1) is 12.9. The number of aliphatic carboxylic acids is 1. The molecule has 9 nitrogen and oxygen atoms in total. The van der Waals surface area contributed by atoms with Gasteiger partial charge in [-0.05, 0) is 30.7 Å². The SMILES string of the molecule is CCOc1nc(C(=O)NCc2ccc(NCC(=O)O)cc2)cc(N)c1C#N. The van der Waals surface area contributed by atoms with E-state index in [4.69, 9.17) is 20.8 Å². The highest BCUT2D eigenvalue weighted by Crippen LogP contribution is 2.22. The van der Waals surface area contributed by atoms with Crippen LogP contribution >= 0.6 is 0 Å². The Morgan fingerprint density at radius 3 is 2.63 bits per heavy atom. The van der Waals surface area contributed by atoms with Crippen molar-refractivity contribution in [3.05, 3.63) is 47.2 Å². The number of nitrogens with two attached hydrogens (primary N) is 1. The summed E-state index contributed by atoms with van der Waals surface area (Å²) in [5.74, 6) is -1.38. The first-order valence-corrected chi connectivity index (χ1v) is 8.10. The Balaban J connectivity index is 2.03. The molecule has 0 saturated carbocycles. The quantitative estimate of drug-likeness (QED) is 0.544. The molecule has 0 aliphatic carbocycles. The van der Waals surface area contributed by atoms with Gasteiger partial charge in [0.05, 0.1) is 12.3 Å². The van der Waals surface area contributed by atoms with Crippen molar-refractivity contribution < 1.29 is 19.4 Å². The molecule has 0 spiro atoms. The maximum Gasteiger partial charge on any atom is 0.322 e. The van der Waals surface area contributed by atoms with Crippen LogP contribution in [0.5, 0.6) is 5.88 Å². The summed E-state index contributed by atoms with van der Waals surface area (Å²) < 4.78 is 5.27. The molecule has 1 heterocycles. The molecule has 0 unspecified atom stereocenters. The summed E-state index contributed by atoms with van der Waals surface area (Å²) in [6.45, 7) is 2.09. The van der Waals surface area contributed by atoms with Crippen LogP contribution in [0.4, 0.5) is 11.4 Å². The molecule has 0 bridgehead atoms. The molecule has 1 aromatic heterocycles. The van der Waals surface area contributed by atoms with Gasteiger partial charge in [-0.1, -0.05) is 12.1 Å². The Kier molecular flexibility index (Phi) is 6.55. The van der Waals surface area contributed by atoms with E-state index < -0.39 is 11.9 Å². The molecule has 27 heavy (non-hydrogen) atoms. The van der Waals surface area contributed by atoms with Crippen molar-refractivity contribution in [1.29, 1.82) is 5.26 Å². The summed E-state index contributed by atoms with van der Waals surface area (Å²) in [7, 11) is 0. The van der Waals surface area contributed by atoms with Crippen molar-refractivity contribution in [2.45, 2.75) is 13.5 Å². The monoisotopic (exact) mass is 369 g/mol. The fourth-order valence-corrected chi connectivity index (χ4v) is 2.20. The van der Waals surface area contributed by atoms with E-state index in [9.17, 15) is 9.59 Å². The van der Waals surface area contributed by atoms with Crippen molar-refractivity contribution in [3.63, 3.8) is 0 Å². The maximum atomic E-state index is 12.3. The summed E-state index contributed by atoms with van der Waals surface area (Å²) in [5, 5.41) is 23.2. The second kappa shape index (κ2) is 9.05. The minimum Gasteiger partial charge on any atom is -0.480 e. The van der Waals surface area contributed by atoms with Crippen molar-refractivity contribution in [1.82, 2.24) is 10.3 Å². The summed E-state index contributed by atoms with van der Waals surface area (Å²) >= 11 is 0. The van der Waals surface area contributed by atoms with Gasteiger partial charge < -0.3 is 26.2 Å². The van der Waals surface area contributed by atoms with E-state index in [0.29, 0.717) is 5.69 Å². The van der Waals surface area contributed by atoms with E-state index in [1.807, 2.05) is 6.07 Å². The third-order valence-electron chi connectivity index (χ3n) is 3.49. The Labute approximate surface area is 155 Å². The molecule has 140 valence electrons. The van der Waals surface area contributed by atoms with E-state index in [2.05, 4.69) is 15.6 Å². The first kappa shape index (κ1) is 19.5. The molecule has 9 heteroatoms. The number of carboxylic acids is 1. The van der Waals surface area contributed by atoms with Crippen LogP contribution in [0.25, 0.3) is 0 Å². The van der Waals surface area contributed by atoms with Crippen molar-refractivity contribution >= 4 is 23.3 Å². The molecule has 0 atom stereocenters. The average Bonchev–Trinajstić information content (AvgIpc) is 2.65. The lowest BCUT2D eigenvalue weighted by Gasteiger charge is -2.10. The van der Waals surface area contributed by atoms with E-state index in [1.54, 1.807) is 31.2 Å². The number of carboxylic acid groups (broad SMARTS) is 1. The number of benzene rings is 1. The van der Waals surface area contributed by atoms with E-state index in [0.717, 1.165) is 5.56 Å². The third-order valence-corrected chi connectivity index (χ3v) is 3.49. The molecule has 5 N–H and O–H groups in total. The second-order valence-electron chi connectivity index (χ2n) is 5.45. The number of pyridine rings is 1. The van der Waals surface area contributed by atoms with Gasteiger partial charge in [0.2, 0.25) is 5.88 Å². The normalized spacial score (nSPS) is 9.93. The first-order valence-electron chi connectivity index (χ1n) is 8.10. The van der Waals surface area contributed by atoms with Gasteiger partial charge in [-0.3, -0.25) is 9.59 Å². The average molecular weight is 369 g/mol. The molecule has 1 amide bonds. The van der Waals surface area contributed by atoms with Gasteiger partial charge >= 0.3 is 5.97 Å². The Morgan fingerprint density at radius 2 is 2.04 bits per heavy atom. The van der Waals surface area contributed by atoms with Gasteiger partial charge in [-0.15, -0.1) is 0 Å². The number of carbonyl (C=O) groups excluding carboxylic acids is 1. The number of hydrogen-bond donors (Lipinski definition) is 4. The van der Waals surface area contributed by atoms with E-state index in [-0.39, 0.29) is 42.5 Å². The largest absolute Gasteiger partial charge is 0.480 e. The second-order valence-corrected chi connectivity index (χ2v) is 5.45. The number of carbonyl (C=O) groups is 2.